The fraction of sp³-hybridized carbons (Fsp3) is 0.0435. The van der Waals surface area contributed by atoms with Gasteiger partial charge in [-0.05, 0) is 72.4 Å². The number of aryl methyl sites for hydroxylation is 3. The van der Waals surface area contributed by atoms with E-state index in [1.807, 2.05) is 118 Å². The Morgan fingerprint density at radius 3 is 0.720 bits per heavy atom. The standard InChI is InChI=1S/3C23H18N2/c1-17-24-22(20-10-6-3-7-11-20)16-23(25-17)21-14-12-19(13-15-21)18-8-4-2-5-9-18;1-17-16-22(25-23(24-17)21-10-6-3-7-11-21)20-14-12-19(13-15-20)18-8-4-2-5-9-18;1-17-16-22(20-10-6-3-7-11-20)25-23(24-17)21-14-12-19(13-15-21)18-8-4-2-5-9-18/h3*2-16H,1H3. The maximum atomic E-state index is 4.77. The molecule has 3 heterocycles. The zero-order chi connectivity index (χ0) is 51.2. The first-order chi connectivity index (χ1) is 36.9. The van der Waals surface area contributed by atoms with Gasteiger partial charge in [0.1, 0.15) is 5.82 Å². The predicted molar refractivity (Wildman–Crippen MR) is 309 cm³/mol. The van der Waals surface area contributed by atoms with Crippen LogP contribution in [0.5, 0.6) is 0 Å². The van der Waals surface area contributed by atoms with Crippen molar-refractivity contribution in [2.24, 2.45) is 0 Å². The van der Waals surface area contributed by atoms with E-state index in [0.717, 1.165) is 85.0 Å². The van der Waals surface area contributed by atoms with Crippen molar-refractivity contribution in [1.29, 1.82) is 0 Å². The fourth-order valence-electron chi connectivity index (χ4n) is 8.73. The van der Waals surface area contributed by atoms with E-state index in [2.05, 4.69) is 196 Å². The topological polar surface area (TPSA) is 77.3 Å². The molecule has 12 aromatic rings. The molecule has 0 fully saturated rings. The Morgan fingerprint density at radius 1 is 0.187 bits per heavy atom. The van der Waals surface area contributed by atoms with Gasteiger partial charge in [0.25, 0.3) is 0 Å². The first kappa shape index (κ1) is 48.8. The third-order valence-corrected chi connectivity index (χ3v) is 12.5. The minimum absolute atomic E-state index is 0.762. The van der Waals surface area contributed by atoms with Gasteiger partial charge in [-0.3, -0.25) is 0 Å². The normalized spacial score (nSPS) is 10.6. The molecule has 0 aliphatic carbocycles. The van der Waals surface area contributed by atoms with E-state index in [9.17, 15) is 0 Å². The molecule has 6 heteroatoms. The van der Waals surface area contributed by atoms with Crippen LogP contribution in [0.3, 0.4) is 0 Å². The van der Waals surface area contributed by atoms with Gasteiger partial charge in [0, 0.05) is 44.8 Å². The summed E-state index contributed by atoms with van der Waals surface area (Å²) in [6.07, 6.45) is 0. The molecule has 0 aliphatic rings. The van der Waals surface area contributed by atoms with E-state index in [-0.39, 0.29) is 0 Å². The van der Waals surface area contributed by atoms with Gasteiger partial charge in [-0.25, -0.2) is 29.9 Å². The van der Waals surface area contributed by atoms with Gasteiger partial charge in [-0.1, -0.05) is 255 Å². The van der Waals surface area contributed by atoms with Gasteiger partial charge in [0.05, 0.1) is 22.8 Å². The molecule has 6 nitrogen and oxygen atoms in total. The molecule has 0 unspecified atom stereocenters. The molecule has 0 amide bonds. The molecule has 0 saturated carbocycles. The summed E-state index contributed by atoms with van der Waals surface area (Å²) >= 11 is 0. The van der Waals surface area contributed by atoms with Crippen LogP contribution in [0.25, 0.3) is 101 Å². The van der Waals surface area contributed by atoms with Gasteiger partial charge >= 0.3 is 0 Å². The number of nitrogens with zero attached hydrogens (tertiary/aromatic N) is 6. The lowest BCUT2D eigenvalue weighted by molar-refractivity contribution is 1.06. The molecule has 12 rings (SSSR count). The smallest absolute Gasteiger partial charge is 0.160 e. The Bertz CT molecular complexity index is 3330. The van der Waals surface area contributed by atoms with Crippen LogP contribution in [0.2, 0.25) is 0 Å². The summed E-state index contributed by atoms with van der Waals surface area (Å²) < 4.78 is 0. The van der Waals surface area contributed by atoms with Crippen molar-refractivity contribution in [1.82, 2.24) is 29.9 Å². The highest BCUT2D eigenvalue weighted by Gasteiger charge is 2.11. The summed E-state index contributed by atoms with van der Waals surface area (Å²) in [6, 6.07) is 93.3. The van der Waals surface area contributed by atoms with Crippen LogP contribution in [0.1, 0.15) is 17.2 Å². The molecule has 3 aromatic heterocycles. The highest BCUT2D eigenvalue weighted by atomic mass is 14.9. The van der Waals surface area contributed by atoms with Crippen molar-refractivity contribution >= 4 is 0 Å². The Kier molecular flexibility index (Phi) is 15.4. The van der Waals surface area contributed by atoms with Crippen molar-refractivity contribution < 1.29 is 0 Å². The molecule has 0 N–H and O–H groups in total. The third kappa shape index (κ3) is 12.6. The summed E-state index contributed by atoms with van der Waals surface area (Å²) in [5.41, 5.74) is 19.5. The van der Waals surface area contributed by atoms with Crippen LogP contribution in [0.4, 0.5) is 0 Å². The minimum atomic E-state index is 0.762. The van der Waals surface area contributed by atoms with Gasteiger partial charge in [-0.15, -0.1) is 0 Å². The fourth-order valence-corrected chi connectivity index (χ4v) is 8.73. The minimum Gasteiger partial charge on any atom is -0.233 e. The van der Waals surface area contributed by atoms with Gasteiger partial charge < -0.3 is 0 Å². The van der Waals surface area contributed by atoms with Gasteiger partial charge in [0.15, 0.2) is 11.6 Å². The number of aromatic nitrogens is 6. The van der Waals surface area contributed by atoms with Gasteiger partial charge in [0.2, 0.25) is 0 Å². The Hall–Kier alpha value is -9.78. The number of hydrogen-bond acceptors (Lipinski definition) is 6. The maximum absolute atomic E-state index is 4.77. The lowest BCUT2D eigenvalue weighted by Gasteiger charge is -2.08. The number of hydrogen-bond donors (Lipinski definition) is 0. The van der Waals surface area contributed by atoms with E-state index in [0.29, 0.717) is 0 Å². The molecule has 0 spiro atoms. The van der Waals surface area contributed by atoms with E-state index < -0.39 is 0 Å². The van der Waals surface area contributed by atoms with Crippen molar-refractivity contribution in [2.45, 2.75) is 20.8 Å². The van der Waals surface area contributed by atoms with Crippen LogP contribution < -0.4 is 0 Å². The lowest BCUT2D eigenvalue weighted by atomic mass is 10.0. The highest BCUT2D eigenvalue weighted by molar-refractivity contribution is 5.74. The second-order valence-electron chi connectivity index (χ2n) is 18.1. The van der Waals surface area contributed by atoms with Crippen molar-refractivity contribution in [3.63, 3.8) is 0 Å². The molecule has 0 aliphatic heterocycles. The van der Waals surface area contributed by atoms with E-state index in [1.54, 1.807) is 0 Å². The first-order valence-electron chi connectivity index (χ1n) is 25.1. The molecule has 360 valence electrons. The second-order valence-corrected chi connectivity index (χ2v) is 18.1. The Labute approximate surface area is 439 Å². The average Bonchev–Trinajstić information content (AvgIpc) is 3.48. The van der Waals surface area contributed by atoms with E-state index >= 15 is 0 Å². The first-order valence-corrected chi connectivity index (χ1v) is 25.1. The Balaban J connectivity index is 0.000000128. The van der Waals surface area contributed by atoms with Crippen molar-refractivity contribution in [2.75, 3.05) is 0 Å². The SMILES string of the molecule is Cc1cc(-c2ccc(-c3ccccc3)cc2)nc(-c2ccccc2)n1.Cc1cc(-c2ccccc2)nc(-c2ccc(-c3ccccc3)cc2)n1.Cc1nc(-c2ccccc2)cc(-c2ccc(-c3ccccc3)cc2)n1. The summed E-state index contributed by atoms with van der Waals surface area (Å²) in [7, 11) is 0. The summed E-state index contributed by atoms with van der Waals surface area (Å²) in [4.78, 5) is 27.9. The number of benzene rings is 9. The molecule has 9 aromatic carbocycles. The van der Waals surface area contributed by atoms with Crippen LogP contribution >= 0.6 is 0 Å². The summed E-state index contributed by atoms with van der Waals surface area (Å²) in [5, 5.41) is 0. The molecular formula is C69H54N6. The van der Waals surface area contributed by atoms with E-state index in [4.69, 9.17) is 9.97 Å². The molecule has 75 heavy (non-hydrogen) atoms. The molecule has 0 bridgehead atoms. The van der Waals surface area contributed by atoms with Crippen molar-refractivity contribution in [3.05, 3.63) is 290 Å². The van der Waals surface area contributed by atoms with Crippen LogP contribution in [-0.2, 0) is 0 Å². The number of rotatable bonds is 9. The maximum Gasteiger partial charge on any atom is 0.160 e. The quantitative estimate of drug-likeness (QED) is 0.143. The van der Waals surface area contributed by atoms with Crippen LogP contribution in [0, 0.1) is 20.8 Å². The van der Waals surface area contributed by atoms with Crippen LogP contribution in [0.15, 0.2) is 273 Å². The molecule has 0 radical (unpaired) electrons. The third-order valence-electron chi connectivity index (χ3n) is 12.5. The summed E-state index contributed by atoms with van der Waals surface area (Å²) in [5.74, 6) is 2.31. The molecule has 0 atom stereocenters. The Morgan fingerprint density at radius 2 is 0.400 bits per heavy atom. The molecular weight excluding hydrogens is 913 g/mol. The zero-order valence-corrected chi connectivity index (χ0v) is 42.2. The van der Waals surface area contributed by atoms with Gasteiger partial charge in [-0.2, -0.15) is 0 Å². The largest absolute Gasteiger partial charge is 0.233 e. The van der Waals surface area contributed by atoms with Crippen molar-refractivity contribution in [3.8, 4) is 101 Å². The average molecular weight is 967 g/mol. The van der Waals surface area contributed by atoms with Crippen LogP contribution in [-0.4, -0.2) is 29.9 Å². The second kappa shape index (κ2) is 23.6. The highest BCUT2D eigenvalue weighted by Crippen LogP contribution is 2.30. The van der Waals surface area contributed by atoms with E-state index in [1.165, 1.54) is 33.4 Å². The predicted octanol–water partition coefficient (Wildman–Crippen LogP) is 17.4. The monoisotopic (exact) mass is 966 g/mol. The lowest BCUT2D eigenvalue weighted by Crippen LogP contribution is -1.95. The molecule has 0 saturated heterocycles. The summed E-state index contributed by atoms with van der Waals surface area (Å²) in [6.45, 7) is 5.96. The zero-order valence-electron chi connectivity index (χ0n) is 42.2.